The van der Waals surface area contributed by atoms with Crippen LogP contribution in [0.5, 0.6) is 0 Å². The van der Waals surface area contributed by atoms with Gasteiger partial charge in [-0.2, -0.15) is 5.10 Å². The first-order valence-corrected chi connectivity index (χ1v) is 8.46. The lowest BCUT2D eigenvalue weighted by molar-refractivity contribution is 0.185. The Balaban J connectivity index is 1.86. The van der Waals surface area contributed by atoms with Crippen molar-refractivity contribution in [3.8, 4) is 0 Å². The number of nitrogens with zero attached hydrogens (tertiary/aromatic N) is 3. The monoisotopic (exact) mass is 401 g/mol. The zero-order valence-corrected chi connectivity index (χ0v) is 15.4. The lowest BCUT2D eigenvalue weighted by Gasteiger charge is -2.07. The lowest BCUT2D eigenvalue weighted by Crippen LogP contribution is -2.17. The van der Waals surface area contributed by atoms with Gasteiger partial charge in [0.2, 0.25) is 5.95 Å². The van der Waals surface area contributed by atoms with Gasteiger partial charge in [0, 0.05) is 13.7 Å². The molecule has 25 heavy (non-hydrogen) atoms. The van der Waals surface area contributed by atoms with E-state index in [4.69, 9.17) is 39.5 Å². The Morgan fingerprint density at radius 3 is 2.80 bits per heavy atom. The van der Waals surface area contributed by atoms with Crippen molar-refractivity contribution >= 4 is 51.8 Å². The van der Waals surface area contributed by atoms with Gasteiger partial charge >= 0.3 is 0 Å². The fourth-order valence-corrected chi connectivity index (χ4v) is 2.86. The van der Waals surface area contributed by atoms with Gasteiger partial charge in [0.25, 0.3) is 5.56 Å². The number of H-pyrrole nitrogens is 1. The molecular formula is C15H14Cl3N5O2. The van der Waals surface area contributed by atoms with Crippen molar-refractivity contribution < 1.29 is 4.74 Å². The second kappa shape index (κ2) is 7.61. The number of hydrogen-bond donors (Lipinski definition) is 2. The van der Waals surface area contributed by atoms with E-state index in [1.807, 2.05) is 6.07 Å². The average Bonchev–Trinajstić information content (AvgIpc) is 2.90. The molecule has 2 heterocycles. The molecule has 2 N–H and O–H groups in total. The molecule has 0 aliphatic heterocycles. The van der Waals surface area contributed by atoms with Crippen LogP contribution >= 0.6 is 34.8 Å². The number of rotatable bonds is 6. The summed E-state index contributed by atoms with van der Waals surface area (Å²) < 4.78 is 6.49. The van der Waals surface area contributed by atoms with Gasteiger partial charge < -0.3 is 10.1 Å². The number of benzene rings is 1. The van der Waals surface area contributed by atoms with Crippen molar-refractivity contribution in [1.82, 2.24) is 19.7 Å². The van der Waals surface area contributed by atoms with Crippen LogP contribution in [0, 0.1) is 0 Å². The van der Waals surface area contributed by atoms with Crippen molar-refractivity contribution in [3.63, 3.8) is 0 Å². The number of anilines is 1. The quantitative estimate of drug-likeness (QED) is 0.660. The first kappa shape index (κ1) is 18.0. The summed E-state index contributed by atoms with van der Waals surface area (Å²) in [6.45, 7) is 1.21. The Morgan fingerprint density at radius 2 is 2.08 bits per heavy atom. The third kappa shape index (κ3) is 3.90. The minimum absolute atomic E-state index is 0.162. The first-order valence-electron chi connectivity index (χ1n) is 7.32. The van der Waals surface area contributed by atoms with E-state index < -0.39 is 0 Å². The minimum Gasteiger partial charge on any atom is -0.383 e. The molecule has 2 aromatic heterocycles. The van der Waals surface area contributed by atoms with Crippen LogP contribution in [0.15, 0.2) is 23.0 Å². The van der Waals surface area contributed by atoms with E-state index in [1.165, 1.54) is 4.68 Å². The highest BCUT2D eigenvalue weighted by Gasteiger charge is 2.15. The Hall–Kier alpha value is -1.80. The van der Waals surface area contributed by atoms with E-state index in [2.05, 4.69) is 20.4 Å². The van der Waals surface area contributed by atoms with Gasteiger partial charge in [0.15, 0.2) is 10.7 Å². The normalized spacial score (nSPS) is 11.2. The summed E-state index contributed by atoms with van der Waals surface area (Å²) in [5, 5.41) is 8.26. The maximum atomic E-state index is 12.4. The highest BCUT2D eigenvalue weighted by atomic mass is 35.5. The number of ether oxygens (including phenoxy) is 1. The van der Waals surface area contributed by atoms with E-state index in [0.29, 0.717) is 40.8 Å². The summed E-state index contributed by atoms with van der Waals surface area (Å²) in [6, 6.07) is 5.27. The van der Waals surface area contributed by atoms with E-state index in [1.54, 1.807) is 19.2 Å². The SMILES string of the molecule is COCCn1nc(Cl)c2nc(NCc3ccc(Cl)c(Cl)c3)[nH]c(=O)c21. The zero-order valence-electron chi connectivity index (χ0n) is 13.1. The molecule has 0 unspecified atom stereocenters. The number of halogens is 3. The van der Waals surface area contributed by atoms with Crippen LogP contribution < -0.4 is 10.9 Å². The smallest absolute Gasteiger partial charge is 0.278 e. The number of fused-ring (bicyclic) bond motifs is 1. The molecule has 0 amide bonds. The molecule has 132 valence electrons. The third-order valence-corrected chi connectivity index (χ3v) is 4.50. The highest BCUT2D eigenvalue weighted by molar-refractivity contribution is 6.42. The summed E-state index contributed by atoms with van der Waals surface area (Å²) in [4.78, 5) is 19.4. The molecule has 0 spiro atoms. The summed E-state index contributed by atoms with van der Waals surface area (Å²) in [6.07, 6.45) is 0. The topological polar surface area (TPSA) is 84.8 Å². The summed E-state index contributed by atoms with van der Waals surface area (Å²) in [5.41, 5.74) is 1.19. The number of methoxy groups -OCH3 is 1. The van der Waals surface area contributed by atoms with Crippen LogP contribution in [-0.4, -0.2) is 33.5 Å². The molecule has 1 aromatic carbocycles. The van der Waals surface area contributed by atoms with Crippen molar-refractivity contribution in [1.29, 1.82) is 0 Å². The van der Waals surface area contributed by atoms with Gasteiger partial charge in [-0.15, -0.1) is 0 Å². The second-order valence-corrected chi connectivity index (χ2v) is 6.39. The number of hydrogen-bond acceptors (Lipinski definition) is 5. The Morgan fingerprint density at radius 1 is 1.28 bits per heavy atom. The van der Waals surface area contributed by atoms with Crippen LogP contribution in [-0.2, 0) is 17.8 Å². The van der Waals surface area contributed by atoms with Gasteiger partial charge in [-0.25, -0.2) is 4.98 Å². The molecular weight excluding hydrogens is 389 g/mol. The van der Waals surface area contributed by atoms with E-state index in [9.17, 15) is 4.79 Å². The first-order chi connectivity index (χ1) is 12.0. The minimum atomic E-state index is -0.336. The van der Waals surface area contributed by atoms with Crippen LogP contribution in [0.2, 0.25) is 15.2 Å². The second-order valence-electron chi connectivity index (χ2n) is 5.22. The zero-order chi connectivity index (χ0) is 18.0. The highest BCUT2D eigenvalue weighted by Crippen LogP contribution is 2.23. The molecule has 3 aromatic rings. The number of nitrogens with one attached hydrogen (secondary N) is 2. The average molecular weight is 403 g/mol. The summed E-state index contributed by atoms with van der Waals surface area (Å²) >= 11 is 18.0. The maximum Gasteiger partial charge on any atom is 0.278 e. The van der Waals surface area contributed by atoms with E-state index in [0.717, 1.165) is 5.56 Å². The molecule has 0 bridgehead atoms. The lowest BCUT2D eigenvalue weighted by atomic mass is 10.2. The van der Waals surface area contributed by atoms with Gasteiger partial charge in [0.1, 0.15) is 5.52 Å². The van der Waals surface area contributed by atoms with Gasteiger partial charge in [-0.3, -0.25) is 14.5 Å². The fraction of sp³-hybridized carbons (Fsp3) is 0.267. The van der Waals surface area contributed by atoms with Crippen LogP contribution in [0.3, 0.4) is 0 Å². The third-order valence-electron chi connectivity index (χ3n) is 3.51. The predicted octanol–water partition coefficient (Wildman–Crippen LogP) is 3.34. The molecule has 0 saturated heterocycles. The van der Waals surface area contributed by atoms with E-state index >= 15 is 0 Å². The van der Waals surface area contributed by atoms with Gasteiger partial charge in [0.05, 0.1) is 23.2 Å². The van der Waals surface area contributed by atoms with E-state index in [-0.39, 0.29) is 16.7 Å². The summed E-state index contributed by atoms with van der Waals surface area (Å²) in [5.74, 6) is 0.289. The summed E-state index contributed by atoms with van der Waals surface area (Å²) in [7, 11) is 1.57. The molecule has 10 heteroatoms. The molecule has 0 radical (unpaired) electrons. The standard InChI is InChI=1S/C15H14Cl3N5O2/c1-25-5-4-23-12-11(13(18)22-23)20-15(21-14(12)24)19-7-8-2-3-9(16)10(17)6-8/h2-3,6H,4-5,7H2,1H3,(H2,19,20,21,24). The van der Waals surface area contributed by atoms with Crippen molar-refractivity contribution in [2.24, 2.45) is 0 Å². The molecule has 7 nitrogen and oxygen atoms in total. The Labute approximate surface area is 157 Å². The predicted molar refractivity (Wildman–Crippen MR) is 98.8 cm³/mol. The number of aromatic amines is 1. The van der Waals surface area contributed by atoms with Crippen molar-refractivity contribution in [2.75, 3.05) is 19.0 Å². The van der Waals surface area contributed by atoms with Gasteiger partial charge in [-0.05, 0) is 17.7 Å². The molecule has 0 saturated carbocycles. The molecule has 0 fully saturated rings. The fourth-order valence-electron chi connectivity index (χ4n) is 2.31. The van der Waals surface area contributed by atoms with Gasteiger partial charge in [-0.1, -0.05) is 40.9 Å². The largest absolute Gasteiger partial charge is 0.383 e. The Kier molecular flexibility index (Phi) is 5.48. The Bertz CT molecular complexity index is 970. The maximum absolute atomic E-state index is 12.4. The van der Waals surface area contributed by atoms with Crippen LogP contribution in [0.1, 0.15) is 5.56 Å². The van der Waals surface area contributed by atoms with Crippen molar-refractivity contribution in [3.05, 3.63) is 49.3 Å². The van der Waals surface area contributed by atoms with Crippen LogP contribution in [0.4, 0.5) is 5.95 Å². The molecule has 0 aliphatic carbocycles. The number of aromatic nitrogens is 4. The molecule has 0 aliphatic rings. The van der Waals surface area contributed by atoms with Crippen LogP contribution in [0.25, 0.3) is 11.0 Å². The molecule has 0 atom stereocenters. The van der Waals surface area contributed by atoms with Crippen molar-refractivity contribution in [2.45, 2.75) is 13.1 Å². The molecule has 3 rings (SSSR count).